The third-order valence-corrected chi connectivity index (χ3v) is 6.04. The lowest BCUT2D eigenvalue weighted by Crippen LogP contribution is -2.15. The zero-order chi connectivity index (χ0) is 22.7. The van der Waals surface area contributed by atoms with Crippen LogP contribution in [0.3, 0.4) is 0 Å². The van der Waals surface area contributed by atoms with Crippen LogP contribution in [0.1, 0.15) is 11.1 Å². The molecule has 0 spiro atoms. The van der Waals surface area contributed by atoms with Crippen LogP contribution in [-0.4, -0.2) is 45.7 Å². The molecule has 0 saturated heterocycles. The first-order chi connectivity index (χ1) is 15.5. The van der Waals surface area contributed by atoms with Crippen LogP contribution in [0.5, 0.6) is 11.5 Å². The van der Waals surface area contributed by atoms with Crippen LogP contribution in [0.4, 0.5) is 5.69 Å². The summed E-state index contributed by atoms with van der Waals surface area (Å²) >= 11 is 1.28. The molecule has 0 unspecified atom stereocenters. The second kappa shape index (κ2) is 9.27. The Morgan fingerprint density at radius 2 is 1.84 bits per heavy atom. The van der Waals surface area contributed by atoms with Crippen molar-refractivity contribution in [2.75, 3.05) is 25.3 Å². The maximum absolute atomic E-state index is 12.5. The fourth-order valence-electron chi connectivity index (χ4n) is 3.21. The Hall–Kier alpha value is -3.59. The lowest BCUT2D eigenvalue weighted by atomic mass is 10.1. The molecule has 0 bridgehead atoms. The van der Waals surface area contributed by atoms with E-state index in [0.717, 1.165) is 28.1 Å². The van der Waals surface area contributed by atoms with Gasteiger partial charge in [-0.25, -0.2) is 0 Å². The van der Waals surface area contributed by atoms with E-state index in [2.05, 4.69) is 20.6 Å². The van der Waals surface area contributed by atoms with E-state index in [-0.39, 0.29) is 11.7 Å². The minimum Gasteiger partial charge on any atom is -0.493 e. The minimum atomic E-state index is -0.114. The molecular formula is C23H23N5O3S. The van der Waals surface area contributed by atoms with E-state index in [1.807, 2.05) is 62.4 Å². The van der Waals surface area contributed by atoms with Crippen LogP contribution in [0, 0.1) is 13.8 Å². The number of aromatic nitrogens is 4. The maximum Gasteiger partial charge on any atom is 0.234 e. The summed E-state index contributed by atoms with van der Waals surface area (Å²) in [5.74, 6) is 1.34. The highest BCUT2D eigenvalue weighted by Crippen LogP contribution is 2.31. The van der Waals surface area contributed by atoms with Gasteiger partial charge in [0.15, 0.2) is 17.1 Å². The topological polar surface area (TPSA) is 90.6 Å². The van der Waals surface area contributed by atoms with E-state index in [1.165, 1.54) is 11.8 Å². The van der Waals surface area contributed by atoms with Crippen molar-refractivity contribution in [1.82, 2.24) is 19.8 Å². The fraction of sp³-hybridized carbons (Fsp3) is 0.217. The summed E-state index contributed by atoms with van der Waals surface area (Å²) in [5.41, 5.74) is 5.19. The van der Waals surface area contributed by atoms with Gasteiger partial charge in [0.2, 0.25) is 11.1 Å². The Balaban J connectivity index is 1.53. The SMILES string of the molecule is COc1ccc(-c2ccc3nnc(SCC(=O)Nc4cccc(C)c4C)n3n2)cc1OC. The van der Waals surface area contributed by atoms with Gasteiger partial charge in [-0.05, 0) is 61.4 Å². The van der Waals surface area contributed by atoms with Crippen molar-refractivity contribution in [2.45, 2.75) is 19.0 Å². The molecule has 1 N–H and O–H groups in total. The molecule has 32 heavy (non-hydrogen) atoms. The van der Waals surface area contributed by atoms with E-state index in [9.17, 15) is 4.79 Å². The van der Waals surface area contributed by atoms with Crippen LogP contribution in [0.2, 0.25) is 0 Å². The summed E-state index contributed by atoms with van der Waals surface area (Å²) < 4.78 is 12.3. The van der Waals surface area contributed by atoms with Gasteiger partial charge >= 0.3 is 0 Å². The van der Waals surface area contributed by atoms with Crippen LogP contribution >= 0.6 is 11.8 Å². The summed E-state index contributed by atoms with van der Waals surface area (Å²) in [7, 11) is 3.19. The number of hydrogen-bond donors (Lipinski definition) is 1. The van der Waals surface area contributed by atoms with Crippen LogP contribution in [0.25, 0.3) is 16.9 Å². The summed E-state index contributed by atoms with van der Waals surface area (Å²) in [6.45, 7) is 4.01. The summed E-state index contributed by atoms with van der Waals surface area (Å²) in [6, 6.07) is 15.2. The molecule has 2 aromatic carbocycles. The second-order valence-electron chi connectivity index (χ2n) is 7.13. The number of nitrogens with one attached hydrogen (secondary N) is 1. The molecule has 4 rings (SSSR count). The zero-order valence-corrected chi connectivity index (χ0v) is 19.1. The predicted octanol–water partition coefficient (Wildman–Crippen LogP) is 4.16. The molecule has 2 aromatic heterocycles. The van der Waals surface area contributed by atoms with E-state index < -0.39 is 0 Å². The molecule has 0 atom stereocenters. The molecular weight excluding hydrogens is 426 g/mol. The highest BCUT2D eigenvalue weighted by Gasteiger charge is 2.14. The number of benzene rings is 2. The lowest BCUT2D eigenvalue weighted by molar-refractivity contribution is -0.113. The van der Waals surface area contributed by atoms with Crippen LogP contribution < -0.4 is 14.8 Å². The molecule has 2 heterocycles. The molecule has 8 nitrogen and oxygen atoms in total. The fourth-order valence-corrected chi connectivity index (χ4v) is 3.90. The average molecular weight is 450 g/mol. The van der Waals surface area contributed by atoms with E-state index in [0.29, 0.717) is 22.3 Å². The molecule has 0 aliphatic heterocycles. The van der Waals surface area contributed by atoms with Gasteiger partial charge in [0.05, 0.1) is 25.7 Å². The molecule has 0 saturated carbocycles. The number of aryl methyl sites for hydroxylation is 1. The number of carbonyl (C=O) groups is 1. The van der Waals surface area contributed by atoms with Gasteiger partial charge in [0, 0.05) is 11.3 Å². The largest absolute Gasteiger partial charge is 0.493 e. The predicted molar refractivity (Wildman–Crippen MR) is 125 cm³/mol. The van der Waals surface area contributed by atoms with Gasteiger partial charge in [0.1, 0.15) is 0 Å². The summed E-state index contributed by atoms with van der Waals surface area (Å²) in [5, 5.41) is 16.5. The molecule has 0 fully saturated rings. The average Bonchev–Trinajstić information content (AvgIpc) is 3.22. The number of amides is 1. The number of thioether (sulfide) groups is 1. The molecule has 0 radical (unpaired) electrons. The highest BCUT2D eigenvalue weighted by atomic mass is 32.2. The third-order valence-electron chi connectivity index (χ3n) is 5.12. The quantitative estimate of drug-likeness (QED) is 0.424. The number of ether oxygens (including phenoxy) is 2. The minimum absolute atomic E-state index is 0.114. The van der Waals surface area contributed by atoms with Gasteiger partial charge in [0.25, 0.3) is 0 Å². The Bertz CT molecular complexity index is 1290. The van der Waals surface area contributed by atoms with Crippen LogP contribution in [0.15, 0.2) is 53.7 Å². The number of fused-ring (bicyclic) bond motifs is 1. The van der Waals surface area contributed by atoms with Gasteiger partial charge in [-0.15, -0.1) is 10.2 Å². The van der Waals surface area contributed by atoms with Gasteiger partial charge in [-0.3, -0.25) is 4.79 Å². The number of anilines is 1. The van der Waals surface area contributed by atoms with Crippen molar-refractivity contribution in [3.05, 3.63) is 59.7 Å². The standard InChI is InChI=1S/C23H23N5O3S/c1-14-6-5-7-17(15(14)2)24-22(29)13-32-23-26-25-21-11-9-18(27-28(21)23)16-8-10-19(30-3)20(12-16)31-4/h5-12H,13H2,1-4H3,(H,24,29). The molecule has 0 aliphatic carbocycles. The highest BCUT2D eigenvalue weighted by molar-refractivity contribution is 7.99. The first kappa shape index (κ1) is 21.6. The van der Waals surface area contributed by atoms with E-state index >= 15 is 0 Å². The maximum atomic E-state index is 12.5. The Morgan fingerprint density at radius 1 is 1.03 bits per heavy atom. The first-order valence-corrected chi connectivity index (χ1v) is 10.9. The van der Waals surface area contributed by atoms with E-state index in [4.69, 9.17) is 9.47 Å². The smallest absolute Gasteiger partial charge is 0.234 e. The summed E-state index contributed by atoms with van der Waals surface area (Å²) in [6.07, 6.45) is 0. The van der Waals surface area contributed by atoms with Crippen molar-refractivity contribution in [3.63, 3.8) is 0 Å². The van der Waals surface area contributed by atoms with Crippen molar-refractivity contribution >= 4 is 29.0 Å². The Kier molecular flexibility index (Phi) is 6.27. The van der Waals surface area contributed by atoms with Crippen molar-refractivity contribution in [1.29, 1.82) is 0 Å². The summed E-state index contributed by atoms with van der Waals surface area (Å²) in [4.78, 5) is 12.5. The van der Waals surface area contributed by atoms with Crippen molar-refractivity contribution in [2.24, 2.45) is 0 Å². The first-order valence-electron chi connectivity index (χ1n) is 9.94. The zero-order valence-electron chi connectivity index (χ0n) is 18.2. The normalized spacial score (nSPS) is 10.9. The van der Waals surface area contributed by atoms with Gasteiger partial charge in [-0.1, -0.05) is 23.9 Å². The van der Waals surface area contributed by atoms with Crippen molar-refractivity contribution in [3.8, 4) is 22.8 Å². The molecule has 0 aliphatic rings. The second-order valence-corrected chi connectivity index (χ2v) is 8.07. The van der Waals surface area contributed by atoms with Gasteiger partial charge in [-0.2, -0.15) is 9.61 Å². The third kappa shape index (κ3) is 4.38. The molecule has 4 aromatic rings. The number of nitrogens with zero attached hydrogens (tertiary/aromatic N) is 4. The Morgan fingerprint density at radius 3 is 2.62 bits per heavy atom. The molecule has 1 amide bonds. The van der Waals surface area contributed by atoms with Crippen molar-refractivity contribution < 1.29 is 14.3 Å². The van der Waals surface area contributed by atoms with Crippen LogP contribution in [-0.2, 0) is 4.79 Å². The molecule has 9 heteroatoms. The monoisotopic (exact) mass is 449 g/mol. The lowest BCUT2D eigenvalue weighted by Gasteiger charge is -2.10. The number of carbonyl (C=O) groups excluding carboxylic acids is 1. The Labute approximate surface area is 190 Å². The van der Waals surface area contributed by atoms with Gasteiger partial charge < -0.3 is 14.8 Å². The number of methoxy groups -OCH3 is 2. The molecule has 164 valence electrons. The van der Waals surface area contributed by atoms with E-state index in [1.54, 1.807) is 18.7 Å². The number of hydrogen-bond acceptors (Lipinski definition) is 7. The number of rotatable bonds is 7.